The van der Waals surface area contributed by atoms with Gasteiger partial charge >= 0.3 is 0 Å². The molecule has 1 saturated carbocycles. The predicted molar refractivity (Wildman–Crippen MR) is 95.5 cm³/mol. The first-order valence-electron chi connectivity index (χ1n) is 9.11. The summed E-state index contributed by atoms with van der Waals surface area (Å²) >= 11 is 0. The smallest absolute Gasteiger partial charge is 0.266 e. The number of aliphatic hydroxyl groups excluding tert-OH is 1. The average Bonchev–Trinajstić information content (AvgIpc) is 3.03. The standard InChI is InChI=1S/C19H26N4O2/c1-22(2)19(15-9-4-3-5-10-15)11-12-23(13-16(19)24)18-20-17(25-21-18)14-7-6-8-14/h3-5,9-10,14,16,24H,6-8,11-13H2,1-2H3/t16-,19+/m1/s1. The topological polar surface area (TPSA) is 65.6 Å². The average molecular weight is 342 g/mol. The Labute approximate surface area is 148 Å². The molecule has 1 N–H and O–H groups in total. The summed E-state index contributed by atoms with van der Waals surface area (Å²) in [6, 6.07) is 10.3. The van der Waals surface area contributed by atoms with Gasteiger partial charge in [-0.1, -0.05) is 36.8 Å². The Hall–Kier alpha value is -1.92. The van der Waals surface area contributed by atoms with Crippen molar-refractivity contribution < 1.29 is 9.63 Å². The maximum atomic E-state index is 11.1. The number of aliphatic hydroxyl groups is 1. The summed E-state index contributed by atoms with van der Waals surface area (Å²) in [6.07, 6.45) is 3.79. The summed E-state index contributed by atoms with van der Waals surface area (Å²) in [4.78, 5) is 8.76. The molecule has 25 heavy (non-hydrogen) atoms. The largest absolute Gasteiger partial charge is 0.389 e. The van der Waals surface area contributed by atoms with E-state index in [1.165, 1.54) is 6.42 Å². The monoisotopic (exact) mass is 342 g/mol. The number of hydrogen-bond acceptors (Lipinski definition) is 6. The van der Waals surface area contributed by atoms with Gasteiger partial charge in [-0.3, -0.25) is 4.90 Å². The van der Waals surface area contributed by atoms with E-state index in [4.69, 9.17) is 4.52 Å². The van der Waals surface area contributed by atoms with E-state index in [0.717, 1.165) is 37.3 Å². The highest BCUT2D eigenvalue weighted by Gasteiger charge is 2.46. The number of hydrogen-bond donors (Lipinski definition) is 1. The van der Waals surface area contributed by atoms with Gasteiger partial charge in [0, 0.05) is 19.0 Å². The number of rotatable bonds is 4. The van der Waals surface area contributed by atoms with E-state index in [2.05, 4.69) is 27.2 Å². The van der Waals surface area contributed by atoms with Gasteiger partial charge in [-0.2, -0.15) is 4.98 Å². The van der Waals surface area contributed by atoms with Crippen molar-refractivity contribution in [2.45, 2.75) is 43.2 Å². The highest BCUT2D eigenvalue weighted by molar-refractivity contribution is 5.35. The Balaban J connectivity index is 1.55. The van der Waals surface area contributed by atoms with Gasteiger partial charge in [0.1, 0.15) is 0 Å². The van der Waals surface area contributed by atoms with E-state index < -0.39 is 11.6 Å². The van der Waals surface area contributed by atoms with Crippen molar-refractivity contribution in [1.82, 2.24) is 15.0 Å². The SMILES string of the molecule is CN(C)[C@]1(c2ccccc2)CCN(c2noc(C3CCC3)n2)C[C@H]1O. The van der Waals surface area contributed by atoms with Crippen LogP contribution in [0, 0.1) is 0 Å². The summed E-state index contributed by atoms with van der Waals surface area (Å²) in [5.41, 5.74) is 0.758. The minimum absolute atomic E-state index is 0.391. The Morgan fingerprint density at radius 3 is 2.60 bits per heavy atom. The third kappa shape index (κ3) is 2.73. The van der Waals surface area contributed by atoms with Crippen LogP contribution in [0.1, 0.15) is 43.1 Å². The molecule has 1 aromatic heterocycles. The zero-order chi connectivity index (χ0) is 17.4. The Bertz CT molecular complexity index is 713. The summed E-state index contributed by atoms with van der Waals surface area (Å²) in [6.45, 7) is 1.28. The molecule has 134 valence electrons. The molecule has 2 atom stereocenters. The normalized spacial score (nSPS) is 27.5. The number of piperidine rings is 1. The van der Waals surface area contributed by atoms with Crippen molar-refractivity contribution in [3.8, 4) is 0 Å². The Morgan fingerprint density at radius 2 is 2.00 bits per heavy atom. The molecule has 2 aromatic rings. The molecule has 0 radical (unpaired) electrons. The molecule has 2 aliphatic rings. The van der Waals surface area contributed by atoms with Gasteiger partial charge in [-0.05, 0) is 44.1 Å². The van der Waals surface area contributed by atoms with Gasteiger partial charge < -0.3 is 14.5 Å². The Kier molecular flexibility index (Phi) is 4.25. The molecule has 6 nitrogen and oxygen atoms in total. The van der Waals surface area contributed by atoms with Gasteiger partial charge in [-0.15, -0.1) is 0 Å². The lowest BCUT2D eigenvalue weighted by Gasteiger charge is -2.49. The van der Waals surface area contributed by atoms with Gasteiger partial charge in [-0.25, -0.2) is 0 Å². The van der Waals surface area contributed by atoms with Gasteiger partial charge in [0.2, 0.25) is 5.89 Å². The molecular formula is C19H26N4O2. The van der Waals surface area contributed by atoms with Crippen LogP contribution in [0.25, 0.3) is 0 Å². The molecule has 0 amide bonds. The molecule has 2 fully saturated rings. The molecule has 0 bridgehead atoms. The Morgan fingerprint density at radius 1 is 1.24 bits per heavy atom. The van der Waals surface area contributed by atoms with Crippen LogP contribution in [0.3, 0.4) is 0 Å². The number of likely N-dealkylation sites (N-methyl/N-ethyl adjacent to an activating group) is 1. The first-order chi connectivity index (χ1) is 12.1. The fourth-order valence-electron chi connectivity index (χ4n) is 4.12. The molecule has 6 heteroatoms. The van der Waals surface area contributed by atoms with Crippen molar-refractivity contribution in [1.29, 1.82) is 0 Å². The van der Waals surface area contributed by atoms with Crippen molar-refractivity contribution in [2.75, 3.05) is 32.1 Å². The van der Waals surface area contributed by atoms with E-state index in [0.29, 0.717) is 18.4 Å². The quantitative estimate of drug-likeness (QED) is 0.920. The molecule has 4 rings (SSSR count). The number of nitrogens with zero attached hydrogens (tertiary/aromatic N) is 4. The first kappa shape index (κ1) is 16.5. The maximum absolute atomic E-state index is 11.1. The van der Waals surface area contributed by atoms with Crippen molar-refractivity contribution in [2.24, 2.45) is 0 Å². The van der Waals surface area contributed by atoms with Crippen LogP contribution in [-0.2, 0) is 5.54 Å². The maximum Gasteiger partial charge on any atom is 0.266 e. The van der Waals surface area contributed by atoms with E-state index in [-0.39, 0.29) is 0 Å². The number of benzene rings is 1. The molecule has 0 spiro atoms. The van der Waals surface area contributed by atoms with Gasteiger partial charge in [0.25, 0.3) is 5.95 Å². The molecule has 1 saturated heterocycles. The molecule has 1 aromatic carbocycles. The summed E-state index contributed by atoms with van der Waals surface area (Å²) in [7, 11) is 4.07. The molecular weight excluding hydrogens is 316 g/mol. The van der Waals surface area contributed by atoms with Crippen LogP contribution in [0.2, 0.25) is 0 Å². The lowest BCUT2D eigenvalue weighted by atomic mass is 9.77. The minimum Gasteiger partial charge on any atom is -0.389 e. The van der Waals surface area contributed by atoms with Crippen LogP contribution in [0.15, 0.2) is 34.9 Å². The predicted octanol–water partition coefficient (Wildman–Crippen LogP) is 2.37. The van der Waals surface area contributed by atoms with Crippen molar-refractivity contribution >= 4 is 5.95 Å². The molecule has 0 unspecified atom stereocenters. The third-order valence-electron chi connectivity index (χ3n) is 5.95. The fraction of sp³-hybridized carbons (Fsp3) is 0.579. The van der Waals surface area contributed by atoms with E-state index in [9.17, 15) is 5.11 Å². The van der Waals surface area contributed by atoms with Crippen LogP contribution >= 0.6 is 0 Å². The molecule has 1 aliphatic heterocycles. The second kappa shape index (κ2) is 6.42. The van der Waals surface area contributed by atoms with Gasteiger partial charge in [0.05, 0.1) is 11.6 Å². The first-order valence-corrected chi connectivity index (χ1v) is 9.11. The number of β-amino-alcohol motifs (C(OH)–C–C–N with tert-alkyl or cyclic N) is 1. The second-order valence-electron chi connectivity index (χ2n) is 7.46. The second-order valence-corrected chi connectivity index (χ2v) is 7.46. The van der Waals surface area contributed by atoms with E-state index in [1.807, 2.05) is 37.2 Å². The zero-order valence-corrected chi connectivity index (χ0v) is 14.9. The summed E-state index contributed by atoms with van der Waals surface area (Å²) in [5.74, 6) is 1.80. The number of aromatic nitrogens is 2. The van der Waals surface area contributed by atoms with Crippen LogP contribution in [0.4, 0.5) is 5.95 Å². The zero-order valence-electron chi connectivity index (χ0n) is 14.9. The van der Waals surface area contributed by atoms with Gasteiger partial charge in [0.15, 0.2) is 0 Å². The van der Waals surface area contributed by atoms with E-state index in [1.54, 1.807) is 0 Å². The molecule has 1 aliphatic carbocycles. The highest BCUT2D eigenvalue weighted by Crippen LogP contribution is 2.39. The van der Waals surface area contributed by atoms with Crippen LogP contribution < -0.4 is 4.90 Å². The van der Waals surface area contributed by atoms with E-state index >= 15 is 0 Å². The molecule has 2 heterocycles. The lowest BCUT2D eigenvalue weighted by molar-refractivity contribution is -0.0249. The number of anilines is 1. The third-order valence-corrected chi connectivity index (χ3v) is 5.95. The summed E-state index contributed by atoms with van der Waals surface area (Å²) in [5, 5.41) is 15.2. The van der Waals surface area contributed by atoms with Crippen molar-refractivity contribution in [3.05, 3.63) is 41.8 Å². The minimum atomic E-state index is -0.538. The van der Waals surface area contributed by atoms with Crippen LogP contribution in [0.5, 0.6) is 0 Å². The van der Waals surface area contributed by atoms with Crippen LogP contribution in [-0.4, -0.2) is 53.4 Å². The summed E-state index contributed by atoms with van der Waals surface area (Å²) < 4.78 is 5.45. The highest BCUT2D eigenvalue weighted by atomic mass is 16.5. The lowest BCUT2D eigenvalue weighted by Crippen LogP contribution is -2.60. The fourth-order valence-corrected chi connectivity index (χ4v) is 4.12. The van der Waals surface area contributed by atoms with Crippen molar-refractivity contribution in [3.63, 3.8) is 0 Å².